The number of carbonyl (C=O) groups excluding carboxylic acids is 1. The number of benzene rings is 2. The summed E-state index contributed by atoms with van der Waals surface area (Å²) < 4.78 is 16.8. The highest BCUT2D eigenvalue weighted by Crippen LogP contribution is 2.44. The van der Waals surface area contributed by atoms with Gasteiger partial charge in [-0.1, -0.05) is 19.1 Å². The van der Waals surface area contributed by atoms with E-state index in [4.69, 9.17) is 14.2 Å². The zero-order chi connectivity index (χ0) is 17.4. The fourth-order valence-electron chi connectivity index (χ4n) is 3.24. The minimum Gasteiger partial charge on any atom is -0.491 e. The van der Waals surface area contributed by atoms with Gasteiger partial charge in [-0.25, -0.2) is 0 Å². The maximum atomic E-state index is 12.2. The van der Waals surface area contributed by atoms with Crippen LogP contribution in [0.2, 0.25) is 0 Å². The monoisotopic (exact) mass is 339 g/mol. The van der Waals surface area contributed by atoms with E-state index in [9.17, 15) is 4.79 Å². The van der Waals surface area contributed by atoms with Crippen LogP contribution in [0.4, 0.5) is 5.69 Å². The zero-order valence-electron chi connectivity index (χ0n) is 14.4. The third-order valence-electron chi connectivity index (χ3n) is 4.78. The molecule has 0 radical (unpaired) electrons. The maximum Gasteiger partial charge on any atom is 0.231 e. The Morgan fingerprint density at radius 2 is 1.92 bits per heavy atom. The molecule has 5 nitrogen and oxygen atoms in total. The maximum absolute atomic E-state index is 12.2. The highest BCUT2D eigenvalue weighted by Gasteiger charge is 2.29. The van der Waals surface area contributed by atoms with E-state index in [0.717, 1.165) is 34.7 Å². The molecule has 2 aliphatic rings. The summed E-state index contributed by atoms with van der Waals surface area (Å²) in [7, 11) is 0. The number of fused-ring (bicyclic) bond motifs is 2. The van der Waals surface area contributed by atoms with Gasteiger partial charge < -0.3 is 19.5 Å². The first-order valence-electron chi connectivity index (χ1n) is 8.64. The van der Waals surface area contributed by atoms with Crippen molar-refractivity contribution < 1.29 is 19.0 Å². The Hall–Kier alpha value is -2.69. The van der Waals surface area contributed by atoms with Gasteiger partial charge in [0, 0.05) is 24.1 Å². The second-order valence-corrected chi connectivity index (χ2v) is 6.50. The summed E-state index contributed by atoms with van der Waals surface area (Å²) in [5.41, 5.74) is 2.94. The first-order valence-corrected chi connectivity index (χ1v) is 8.64. The van der Waals surface area contributed by atoms with E-state index in [2.05, 4.69) is 19.2 Å². The van der Waals surface area contributed by atoms with Gasteiger partial charge in [0.1, 0.15) is 5.75 Å². The molecule has 0 spiro atoms. The lowest BCUT2D eigenvalue weighted by atomic mass is 9.84. The van der Waals surface area contributed by atoms with Crippen molar-refractivity contribution >= 4 is 11.6 Å². The van der Waals surface area contributed by atoms with Crippen LogP contribution in [0, 0.1) is 0 Å². The Balaban J connectivity index is 1.66. The first kappa shape index (κ1) is 15.8. The van der Waals surface area contributed by atoms with Crippen molar-refractivity contribution in [2.45, 2.75) is 38.7 Å². The number of carbonyl (C=O) groups is 1. The molecule has 0 unspecified atom stereocenters. The van der Waals surface area contributed by atoms with Crippen LogP contribution in [-0.4, -0.2) is 18.8 Å². The smallest absolute Gasteiger partial charge is 0.231 e. The summed E-state index contributed by atoms with van der Waals surface area (Å²) in [5, 5.41) is 2.94. The Kier molecular flexibility index (Phi) is 3.99. The number of amides is 1. The third kappa shape index (κ3) is 3.02. The molecule has 1 amide bonds. The van der Waals surface area contributed by atoms with Crippen molar-refractivity contribution in [2.75, 3.05) is 12.1 Å². The molecule has 25 heavy (non-hydrogen) atoms. The molecule has 130 valence electrons. The zero-order valence-corrected chi connectivity index (χ0v) is 14.4. The van der Waals surface area contributed by atoms with Gasteiger partial charge in [-0.05, 0) is 42.7 Å². The minimum atomic E-state index is -0.00380. The molecule has 4 rings (SSSR count). The third-order valence-corrected chi connectivity index (χ3v) is 4.78. The predicted molar refractivity (Wildman–Crippen MR) is 94.5 cm³/mol. The van der Waals surface area contributed by atoms with E-state index in [0.29, 0.717) is 12.2 Å². The van der Waals surface area contributed by atoms with Gasteiger partial charge in [-0.2, -0.15) is 0 Å². The predicted octanol–water partition coefficient (Wildman–Crippen LogP) is 4.07. The lowest BCUT2D eigenvalue weighted by Gasteiger charge is -2.26. The molecule has 2 atom stereocenters. The molecule has 2 aliphatic heterocycles. The van der Waals surface area contributed by atoms with E-state index in [-0.39, 0.29) is 24.7 Å². The number of hydrogen-bond acceptors (Lipinski definition) is 4. The van der Waals surface area contributed by atoms with Crippen LogP contribution in [0.3, 0.4) is 0 Å². The van der Waals surface area contributed by atoms with Crippen LogP contribution in [-0.2, 0) is 4.79 Å². The largest absolute Gasteiger partial charge is 0.491 e. The molecule has 0 saturated heterocycles. The Bertz CT molecular complexity index is 800. The molecular formula is C20H21NO4. The number of rotatable bonds is 4. The summed E-state index contributed by atoms with van der Waals surface area (Å²) in [6.07, 6.45) is 1.57. The molecule has 0 aliphatic carbocycles. The summed E-state index contributed by atoms with van der Waals surface area (Å²) in [5.74, 6) is 2.27. The number of nitrogens with one attached hydrogen (secondary N) is 1. The molecule has 0 aromatic heterocycles. The van der Waals surface area contributed by atoms with Crippen LogP contribution in [0.15, 0.2) is 36.4 Å². The lowest BCUT2D eigenvalue weighted by Crippen LogP contribution is -2.23. The highest BCUT2D eigenvalue weighted by molar-refractivity contribution is 5.96. The van der Waals surface area contributed by atoms with Gasteiger partial charge in [0.15, 0.2) is 11.5 Å². The van der Waals surface area contributed by atoms with Crippen LogP contribution in [0.25, 0.3) is 0 Å². The molecular weight excluding hydrogens is 318 g/mol. The molecule has 2 aromatic carbocycles. The van der Waals surface area contributed by atoms with Crippen molar-refractivity contribution in [2.24, 2.45) is 0 Å². The fraction of sp³-hybridized carbons (Fsp3) is 0.350. The van der Waals surface area contributed by atoms with Crippen molar-refractivity contribution in [3.63, 3.8) is 0 Å². The molecule has 2 heterocycles. The van der Waals surface area contributed by atoms with Crippen LogP contribution in [0.5, 0.6) is 17.2 Å². The van der Waals surface area contributed by atoms with Gasteiger partial charge >= 0.3 is 0 Å². The van der Waals surface area contributed by atoms with Crippen LogP contribution >= 0.6 is 0 Å². The van der Waals surface area contributed by atoms with E-state index < -0.39 is 0 Å². The fourth-order valence-corrected chi connectivity index (χ4v) is 3.24. The van der Waals surface area contributed by atoms with Gasteiger partial charge in [0.2, 0.25) is 12.7 Å². The minimum absolute atomic E-state index is 0.00380. The van der Waals surface area contributed by atoms with E-state index >= 15 is 0 Å². The van der Waals surface area contributed by atoms with Crippen molar-refractivity contribution in [3.8, 4) is 17.2 Å². The summed E-state index contributed by atoms with van der Waals surface area (Å²) in [4.78, 5) is 12.2. The van der Waals surface area contributed by atoms with Crippen molar-refractivity contribution in [3.05, 3.63) is 47.5 Å². The number of hydrogen-bond donors (Lipinski definition) is 1. The van der Waals surface area contributed by atoms with E-state index in [1.54, 1.807) is 0 Å². The average molecular weight is 339 g/mol. The van der Waals surface area contributed by atoms with Gasteiger partial charge in [-0.15, -0.1) is 0 Å². The molecule has 5 heteroatoms. The Morgan fingerprint density at radius 1 is 1.20 bits per heavy atom. The average Bonchev–Trinajstić information content (AvgIpc) is 3.07. The summed E-state index contributed by atoms with van der Waals surface area (Å²) in [6.45, 7) is 4.37. The number of anilines is 1. The molecule has 0 saturated carbocycles. The van der Waals surface area contributed by atoms with Gasteiger partial charge in [0.25, 0.3) is 0 Å². The SMILES string of the molecule is CC[C@H](C)Oc1ccc([C@H]2CC(=O)Nc3cc4c(cc32)OCO4)cc1. The van der Waals surface area contributed by atoms with E-state index in [1.807, 2.05) is 36.4 Å². The summed E-state index contributed by atoms with van der Waals surface area (Å²) >= 11 is 0. The second-order valence-electron chi connectivity index (χ2n) is 6.50. The quantitative estimate of drug-likeness (QED) is 0.912. The molecule has 0 bridgehead atoms. The number of ether oxygens (including phenoxy) is 3. The first-order chi connectivity index (χ1) is 12.1. The van der Waals surface area contributed by atoms with Crippen molar-refractivity contribution in [1.29, 1.82) is 0 Å². The van der Waals surface area contributed by atoms with Crippen molar-refractivity contribution in [1.82, 2.24) is 0 Å². The van der Waals surface area contributed by atoms with Gasteiger partial charge in [0.05, 0.1) is 6.10 Å². The second kappa shape index (κ2) is 6.31. The van der Waals surface area contributed by atoms with Gasteiger partial charge in [-0.3, -0.25) is 4.79 Å². The normalized spacial score (nSPS) is 19.1. The topological polar surface area (TPSA) is 56.8 Å². The Labute approximate surface area is 146 Å². The molecule has 0 fully saturated rings. The highest BCUT2D eigenvalue weighted by atomic mass is 16.7. The van der Waals surface area contributed by atoms with Crippen LogP contribution < -0.4 is 19.5 Å². The standard InChI is InChI=1S/C20H21NO4/c1-3-12(2)25-14-6-4-13(5-7-14)15-9-20(22)21-17-10-19-18(8-16(15)17)23-11-24-19/h4-8,10,12,15H,3,9,11H2,1-2H3,(H,21,22)/t12-,15+/m0/s1. The lowest BCUT2D eigenvalue weighted by molar-refractivity contribution is -0.116. The van der Waals surface area contributed by atoms with E-state index in [1.165, 1.54) is 0 Å². The Morgan fingerprint density at radius 3 is 2.64 bits per heavy atom. The van der Waals surface area contributed by atoms with Crippen LogP contribution in [0.1, 0.15) is 43.7 Å². The summed E-state index contributed by atoms with van der Waals surface area (Å²) in [6, 6.07) is 11.8. The molecule has 1 N–H and O–H groups in total. The molecule has 2 aromatic rings.